The molecule has 0 N–H and O–H groups in total. The van der Waals surface area contributed by atoms with Crippen molar-refractivity contribution < 1.29 is 14.3 Å². The van der Waals surface area contributed by atoms with Gasteiger partial charge in [0.2, 0.25) is 5.91 Å². The van der Waals surface area contributed by atoms with Crippen molar-refractivity contribution in [2.45, 2.75) is 25.7 Å². The molecule has 2 saturated heterocycles. The number of benzene rings is 1. The molecule has 2 aliphatic heterocycles. The highest BCUT2D eigenvalue weighted by atomic mass is 16.5. The lowest BCUT2D eigenvalue weighted by molar-refractivity contribution is -0.134. The third-order valence-corrected chi connectivity index (χ3v) is 5.82. The molecule has 0 aliphatic carbocycles. The number of methoxy groups -OCH3 is 1. The van der Waals surface area contributed by atoms with E-state index in [1.807, 2.05) is 4.90 Å². The number of hydrogen-bond donors (Lipinski definition) is 0. The van der Waals surface area contributed by atoms with Crippen molar-refractivity contribution in [2.24, 2.45) is 5.92 Å². The number of aryl methyl sites for hydroxylation is 1. The summed E-state index contributed by atoms with van der Waals surface area (Å²) in [5.41, 5.74) is 1.40. The van der Waals surface area contributed by atoms with Crippen LogP contribution in [0.4, 0.5) is 4.79 Å². The molecule has 0 bridgehead atoms. The topological polar surface area (TPSA) is 53.1 Å². The summed E-state index contributed by atoms with van der Waals surface area (Å²) in [5, 5.41) is 0. The van der Waals surface area contributed by atoms with E-state index >= 15 is 0 Å². The van der Waals surface area contributed by atoms with Crippen LogP contribution in [0.5, 0.6) is 0 Å². The Balaban J connectivity index is 1.34. The number of hydrogen-bond acceptors (Lipinski definition) is 4. The lowest BCUT2D eigenvalue weighted by atomic mass is 9.90. The summed E-state index contributed by atoms with van der Waals surface area (Å²) < 4.78 is 4.75. The van der Waals surface area contributed by atoms with E-state index in [1.165, 1.54) is 19.1 Å². The molecule has 27 heavy (non-hydrogen) atoms. The van der Waals surface area contributed by atoms with E-state index in [1.54, 1.807) is 4.90 Å². The standard InChI is InChI=1S/C21H31N3O3/c1-27-21(26)24-15-13-22(14-16-24)17-20(25)23-11-9-19(10-12-23)8-7-18-5-3-2-4-6-18/h2-6,19H,7-17H2,1H3. The van der Waals surface area contributed by atoms with E-state index in [9.17, 15) is 9.59 Å². The van der Waals surface area contributed by atoms with E-state index in [2.05, 4.69) is 35.2 Å². The number of nitrogens with zero attached hydrogens (tertiary/aromatic N) is 3. The Morgan fingerprint density at radius 3 is 2.26 bits per heavy atom. The summed E-state index contributed by atoms with van der Waals surface area (Å²) in [6.45, 7) is 4.93. The fourth-order valence-corrected chi connectivity index (χ4v) is 4.00. The molecule has 1 aromatic rings. The van der Waals surface area contributed by atoms with Gasteiger partial charge in [-0.1, -0.05) is 30.3 Å². The van der Waals surface area contributed by atoms with Gasteiger partial charge in [-0.3, -0.25) is 9.69 Å². The highest BCUT2D eigenvalue weighted by Gasteiger charge is 2.26. The minimum absolute atomic E-state index is 0.225. The summed E-state index contributed by atoms with van der Waals surface area (Å²) in [7, 11) is 1.40. The Morgan fingerprint density at radius 1 is 0.963 bits per heavy atom. The summed E-state index contributed by atoms with van der Waals surface area (Å²) in [5.74, 6) is 0.945. The number of rotatable bonds is 5. The van der Waals surface area contributed by atoms with Crippen LogP contribution in [0.2, 0.25) is 0 Å². The van der Waals surface area contributed by atoms with E-state index in [-0.39, 0.29) is 12.0 Å². The third-order valence-electron chi connectivity index (χ3n) is 5.82. The highest BCUT2D eigenvalue weighted by molar-refractivity contribution is 5.78. The molecular formula is C21H31N3O3. The maximum Gasteiger partial charge on any atom is 0.409 e. The first kappa shape index (κ1) is 19.7. The third kappa shape index (κ3) is 5.70. The molecule has 2 fully saturated rings. The van der Waals surface area contributed by atoms with Crippen molar-refractivity contribution in [1.82, 2.24) is 14.7 Å². The first-order valence-electron chi connectivity index (χ1n) is 10.0. The number of carbonyl (C=O) groups is 2. The van der Waals surface area contributed by atoms with Crippen LogP contribution in [-0.2, 0) is 16.0 Å². The van der Waals surface area contributed by atoms with Gasteiger partial charge in [0.15, 0.2) is 0 Å². The first-order valence-corrected chi connectivity index (χ1v) is 10.0. The van der Waals surface area contributed by atoms with E-state index in [4.69, 9.17) is 4.74 Å². The lowest BCUT2D eigenvalue weighted by Crippen LogP contribution is -2.52. The first-order chi connectivity index (χ1) is 13.2. The van der Waals surface area contributed by atoms with Crippen molar-refractivity contribution >= 4 is 12.0 Å². The van der Waals surface area contributed by atoms with Crippen molar-refractivity contribution in [3.63, 3.8) is 0 Å². The van der Waals surface area contributed by atoms with E-state index < -0.39 is 0 Å². The minimum atomic E-state index is -0.279. The van der Waals surface area contributed by atoms with Crippen molar-refractivity contribution in [2.75, 3.05) is 52.9 Å². The zero-order chi connectivity index (χ0) is 19.1. The number of piperidine rings is 1. The maximum atomic E-state index is 12.6. The molecule has 6 nitrogen and oxygen atoms in total. The van der Waals surface area contributed by atoms with Crippen LogP contribution in [0.3, 0.4) is 0 Å². The second-order valence-corrected chi connectivity index (χ2v) is 7.58. The minimum Gasteiger partial charge on any atom is -0.453 e. The van der Waals surface area contributed by atoms with E-state index in [0.29, 0.717) is 19.6 Å². The van der Waals surface area contributed by atoms with Gasteiger partial charge < -0.3 is 14.5 Å². The molecule has 148 valence electrons. The van der Waals surface area contributed by atoms with Crippen LogP contribution in [0.25, 0.3) is 0 Å². The zero-order valence-corrected chi connectivity index (χ0v) is 16.3. The smallest absolute Gasteiger partial charge is 0.409 e. The number of piperazine rings is 1. The predicted octanol–water partition coefficient (Wildman–Crippen LogP) is 2.24. The zero-order valence-electron chi connectivity index (χ0n) is 16.3. The monoisotopic (exact) mass is 373 g/mol. The number of ether oxygens (including phenoxy) is 1. The Kier molecular flexibility index (Phi) is 7.10. The van der Waals surface area contributed by atoms with Crippen molar-refractivity contribution in [3.8, 4) is 0 Å². The summed E-state index contributed by atoms with van der Waals surface area (Å²) >= 11 is 0. The quantitative estimate of drug-likeness (QED) is 0.794. The molecule has 0 aromatic heterocycles. The second-order valence-electron chi connectivity index (χ2n) is 7.58. The van der Waals surface area contributed by atoms with Gasteiger partial charge in [0.25, 0.3) is 0 Å². The molecule has 2 amide bonds. The molecule has 0 atom stereocenters. The molecule has 3 rings (SSSR count). The van der Waals surface area contributed by atoms with Crippen molar-refractivity contribution in [1.29, 1.82) is 0 Å². The summed E-state index contributed by atoms with van der Waals surface area (Å²) in [4.78, 5) is 30.0. The molecular weight excluding hydrogens is 342 g/mol. The van der Waals surface area contributed by atoms with Gasteiger partial charge in [-0.2, -0.15) is 0 Å². The SMILES string of the molecule is COC(=O)N1CCN(CC(=O)N2CCC(CCc3ccccc3)CC2)CC1. The van der Waals surface area contributed by atoms with Crippen molar-refractivity contribution in [3.05, 3.63) is 35.9 Å². The Hall–Kier alpha value is -2.08. The number of carbonyl (C=O) groups excluding carboxylic acids is 2. The Morgan fingerprint density at radius 2 is 1.63 bits per heavy atom. The average Bonchev–Trinajstić information content (AvgIpc) is 2.73. The van der Waals surface area contributed by atoms with Gasteiger partial charge in [-0.15, -0.1) is 0 Å². The van der Waals surface area contributed by atoms with Gasteiger partial charge in [0.1, 0.15) is 0 Å². The van der Waals surface area contributed by atoms with Gasteiger partial charge in [-0.05, 0) is 37.2 Å². The van der Waals surface area contributed by atoms with Gasteiger partial charge in [0, 0.05) is 39.3 Å². The Bertz CT molecular complexity index is 606. The predicted molar refractivity (Wildman–Crippen MR) is 104 cm³/mol. The number of likely N-dealkylation sites (tertiary alicyclic amines) is 1. The molecule has 6 heteroatoms. The van der Waals surface area contributed by atoms with Gasteiger partial charge in [-0.25, -0.2) is 4.79 Å². The molecule has 1 aromatic carbocycles. The molecule has 2 heterocycles. The maximum absolute atomic E-state index is 12.6. The van der Waals surface area contributed by atoms with Gasteiger partial charge in [0.05, 0.1) is 13.7 Å². The normalized spacial score (nSPS) is 19.1. The van der Waals surface area contributed by atoms with E-state index in [0.717, 1.165) is 51.4 Å². The summed E-state index contributed by atoms with van der Waals surface area (Å²) in [6, 6.07) is 10.6. The van der Waals surface area contributed by atoms with Crippen LogP contribution >= 0.6 is 0 Å². The molecule has 0 saturated carbocycles. The highest BCUT2D eigenvalue weighted by Crippen LogP contribution is 2.22. The average molecular weight is 373 g/mol. The summed E-state index contributed by atoms with van der Waals surface area (Å²) in [6.07, 6.45) is 4.27. The Labute approximate surface area is 162 Å². The second kappa shape index (κ2) is 9.74. The molecule has 0 radical (unpaired) electrons. The van der Waals surface area contributed by atoms with Crippen LogP contribution in [0.15, 0.2) is 30.3 Å². The molecule has 0 spiro atoms. The van der Waals surface area contributed by atoms with Crippen LogP contribution in [0, 0.1) is 5.92 Å². The van der Waals surface area contributed by atoms with Crippen LogP contribution in [-0.4, -0.2) is 79.6 Å². The largest absolute Gasteiger partial charge is 0.453 e. The van der Waals surface area contributed by atoms with Crippen LogP contribution < -0.4 is 0 Å². The fourth-order valence-electron chi connectivity index (χ4n) is 4.00. The van der Waals surface area contributed by atoms with Gasteiger partial charge >= 0.3 is 6.09 Å². The fraction of sp³-hybridized carbons (Fsp3) is 0.619. The van der Waals surface area contributed by atoms with Crippen LogP contribution in [0.1, 0.15) is 24.8 Å². The lowest BCUT2D eigenvalue weighted by Gasteiger charge is -2.36. The molecule has 0 unspecified atom stereocenters. The molecule has 2 aliphatic rings. The number of amides is 2.